The number of alkyl halides is 3. The van der Waals surface area contributed by atoms with Crippen molar-refractivity contribution in [2.45, 2.75) is 20.0 Å². The van der Waals surface area contributed by atoms with Gasteiger partial charge in [0.1, 0.15) is 27.6 Å². The maximum atomic E-state index is 14.4. The van der Waals surface area contributed by atoms with Crippen molar-refractivity contribution in [3.63, 3.8) is 0 Å². The van der Waals surface area contributed by atoms with E-state index in [0.717, 1.165) is 20.1 Å². The summed E-state index contributed by atoms with van der Waals surface area (Å²) in [5.41, 5.74) is 30.9. The first kappa shape index (κ1) is 104. The second-order valence-electron chi connectivity index (χ2n) is 24.5. The standard InChI is InChI=1S/C15H10ClF5N2O2.C14H11Cl2FN2O2.C13H8Cl4N2O2.C13H8Cl3FN2O2.C12H6Cl3FN2O2.C11H6BrClFN3O2/c1-5-6(3-4-7(9(5)17)15(19,20)21)12-10(18)11(22)8(16)13(23-12)14(24)25-2;1-6-7(3-4-8(15)12(6)17)10-5-9(18)11(16)13(19-10)14(20)21-2;1-21-13(20)12-11(17)7(18)4-8(19-12)5-2-3-6(14)10(16)9(5)15;1-21-13(20)12-10(16)7(18)4-8(19-12)5-2-3-6(14)11(17)9(5)15;13-5-2-1-4(8(14)10(5)16)7-3-6(17)9(15)11(18-7)12(19)20;12-5-2-1-4(3-16-5)9-7(14)8(15)6(13)10(17-9)11(18)19/h3-4H,1-2H3,(H2,22,23);3-5H,1-2H3,(H2,18,19);2*2-4H,1H3,(H2,18,19);1-3H,(H2,17,18)(H,19,20);1-3H,(H2,15,17)(H,18,19). The molecule has 12 aromatic rings. The van der Waals surface area contributed by atoms with Crippen LogP contribution in [0.1, 0.15) is 79.6 Å². The van der Waals surface area contributed by atoms with Gasteiger partial charge in [0.15, 0.2) is 57.4 Å². The number of methoxy groups -OCH3 is 4. The molecule has 127 heavy (non-hydrogen) atoms. The van der Waals surface area contributed by atoms with Crippen LogP contribution in [0, 0.1) is 48.8 Å². The molecule has 12 rings (SSSR count). The van der Waals surface area contributed by atoms with E-state index in [0.29, 0.717) is 49.3 Å². The number of rotatable bonds is 12. The molecule has 0 saturated carbocycles. The van der Waals surface area contributed by atoms with Crippen LogP contribution in [0.5, 0.6) is 0 Å². The predicted octanol–water partition coefficient (Wildman–Crippen LogP) is 24.3. The molecule has 0 unspecified atom stereocenters. The molecule has 0 amide bonds. The van der Waals surface area contributed by atoms with Gasteiger partial charge in [0.05, 0.1) is 161 Å². The van der Waals surface area contributed by atoms with Gasteiger partial charge in [-0.15, -0.1) is 0 Å². The number of hydrogen-bond donors (Lipinski definition) is 8. The van der Waals surface area contributed by atoms with Gasteiger partial charge in [0.2, 0.25) is 0 Å². The van der Waals surface area contributed by atoms with E-state index in [1.54, 1.807) is 31.2 Å². The molecule has 0 fully saturated rings. The van der Waals surface area contributed by atoms with Crippen LogP contribution in [0.2, 0.25) is 70.3 Å². The lowest BCUT2D eigenvalue weighted by Crippen LogP contribution is -2.12. The number of hydrogen-bond acceptors (Lipinski definition) is 23. The van der Waals surface area contributed by atoms with Crippen LogP contribution in [0.25, 0.3) is 67.5 Å². The second-order valence-corrected chi connectivity index (χ2v) is 30.7. The van der Waals surface area contributed by atoms with Crippen LogP contribution < -0.4 is 34.4 Å². The number of pyridine rings is 7. The Bertz CT molecular complexity index is 6130. The summed E-state index contributed by atoms with van der Waals surface area (Å²) < 4.78 is 141. The van der Waals surface area contributed by atoms with Gasteiger partial charge in [-0.1, -0.05) is 175 Å². The van der Waals surface area contributed by atoms with E-state index in [1.807, 2.05) is 0 Å². The average molecular weight is 2110 g/mol. The third-order valence-electron chi connectivity index (χ3n) is 16.6. The predicted molar refractivity (Wildman–Crippen MR) is 474 cm³/mol. The number of halogens is 24. The highest BCUT2D eigenvalue weighted by molar-refractivity contribution is 9.10. The zero-order chi connectivity index (χ0) is 95.5. The number of aromatic nitrogens is 7. The normalized spacial score (nSPS) is 10.7. The average Bonchev–Trinajstić information content (AvgIpc) is 0.773. The van der Waals surface area contributed by atoms with Crippen molar-refractivity contribution in [3.05, 3.63) is 264 Å². The van der Waals surface area contributed by atoms with E-state index in [1.165, 1.54) is 88.2 Å². The Morgan fingerprint density at radius 2 is 0.654 bits per heavy atom. The summed E-state index contributed by atoms with van der Waals surface area (Å²) >= 11 is 84.8. The highest BCUT2D eigenvalue weighted by Crippen LogP contribution is 2.44. The Morgan fingerprint density at radius 1 is 0.346 bits per heavy atom. The fourth-order valence-electron chi connectivity index (χ4n) is 10.2. The molecule has 5 aromatic carbocycles. The van der Waals surface area contributed by atoms with Gasteiger partial charge in [-0.05, 0) is 126 Å². The van der Waals surface area contributed by atoms with Crippen LogP contribution >= 0.6 is 178 Å². The van der Waals surface area contributed by atoms with Gasteiger partial charge in [-0.2, -0.15) is 13.2 Å². The Hall–Kier alpha value is -10.3. The van der Waals surface area contributed by atoms with Crippen molar-refractivity contribution in [1.82, 2.24) is 34.9 Å². The molecule has 0 radical (unpaired) electrons. The largest absolute Gasteiger partial charge is 0.476 e. The molecule has 7 heterocycles. The molecule has 666 valence electrons. The van der Waals surface area contributed by atoms with Crippen molar-refractivity contribution in [2.75, 3.05) is 62.8 Å². The molecule has 0 aliphatic rings. The minimum Gasteiger partial charge on any atom is -0.476 e. The van der Waals surface area contributed by atoms with Crippen LogP contribution in [0.15, 0.2) is 108 Å². The quantitative estimate of drug-likeness (QED) is 0.0185. The van der Waals surface area contributed by atoms with Crippen molar-refractivity contribution in [2.24, 2.45) is 0 Å². The van der Waals surface area contributed by atoms with Gasteiger partial charge in [-0.3, -0.25) is 0 Å². The first-order chi connectivity index (χ1) is 59.3. The lowest BCUT2D eigenvalue weighted by Gasteiger charge is -2.15. The van der Waals surface area contributed by atoms with E-state index in [4.69, 9.17) is 207 Å². The minimum absolute atomic E-state index is 0.000455. The van der Waals surface area contributed by atoms with Gasteiger partial charge in [0.25, 0.3) is 0 Å². The molecule has 0 aliphatic carbocycles. The summed E-state index contributed by atoms with van der Waals surface area (Å²) in [6.07, 6.45) is -3.58. The first-order valence-electron chi connectivity index (χ1n) is 33.6. The van der Waals surface area contributed by atoms with Crippen molar-refractivity contribution in [1.29, 1.82) is 0 Å². The van der Waals surface area contributed by atoms with Gasteiger partial charge in [0, 0.05) is 39.6 Å². The van der Waals surface area contributed by atoms with E-state index in [2.05, 4.69) is 69.8 Å². The van der Waals surface area contributed by atoms with E-state index in [-0.39, 0.29) is 129 Å². The summed E-state index contributed by atoms with van der Waals surface area (Å²) in [6, 6.07) is 21.7. The highest BCUT2D eigenvalue weighted by atomic mass is 79.9. The third-order valence-corrected chi connectivity index (χ3v) is 22.3. The maximum Gasteiger partial charge on any atom is 0.419 e. The number of carboxylic acid groups (broad SMARTS) is 2. The van der Waals surface area contributed by atoms with Crippen LogP contribution in [0.4, 0.5) is 73.6 Å². The monoisotopic (exact) mass is 2100 g/mol. The maximum absolute atomic E-state index is 14.4. The van der Waals surface area contributed by atoms with Crippen LogP contribution in [-0.4, -0.2) is 109 Å². The van der Waals surface area contributed by atoms with E-state index >= 15 is 0 Å². The zero-order valence-electron chi connectivity index (χ0n) is 64.0. The summed E-state index contributed by atoms with van der Waals surface area (Å²) in [4.78, 5) is 96.0. The van der Waals surface area contributed by atoms with E-state index in [9.17, 15) is 68.3 Å². The Kier molecular flexibility index (Phi) is 36.0. The number of ether oxygens (including phenoxy) is 4. The molecule has 0 atom stereocenters. The third kappa shape index (κ3) is 23.8. The van der Waals surface area contributed by atoms with Gasteiger partial charge < -0.3 is 63.6 Å². The zero-order valence-corrected chi connectivity index (χ0v) is 76.1. The SMILES string of the molecule is COC(=O)c1nc(-c2ccc(C(F)(F)F)c(F)c2C)c(F)c(N)c1Cl.COC(=O)c1nc(-c2ccc(Cl)c(Cl)c2Cl)cc(N)c1Cl.COC(=O)c1nc(-c2ccc(Cl)c(F)c2C)cc(N)c1Cl.COC(=O)c1nc(-c2ccc(Cl)c(F)c2Cl)cc(N)c1Cl.Nc1c(F)c(-c2ccc(Br)nc2)nc(C(=O)O)c1Cl.Nc1cc(-c2ccc(Cl)c(F)c2Cl)nc(C(=O)O)c1Cl. The van der Waals surface area contributed by atoms with Crippen molar-refractivity contribution in [3.8, 4) is 67.5 Å². The topological polar surface area (TPSA) is 426 Å². The van der Waals surface area contributed by atoms with Gasteiger partial charge in [-0.25, -0.2) is 90.0 Å². The summed E-state index contributed by atoms with van der Waals surface area (Å²) in [5.74, 6) is -11.8. The summed E-state index contributed by atoms with van der Waals surface area (Å²) in [6.45, 7) is 2.57. The fourth-order valence-corrected chi connectivity index (χ4v) is 13.3. The van der Waals surface area contributed by atoms with Crippen molar-refractivity contribution >= 4 is 248 Å². The molecule has 0 bridgehead atoms. The minimum atomic E-state index is -4.92. The molecular formula is C78H49BrCl14F9N13O12. The number of esters is 4. The molecular weight excluding hydrogens is 2060 g/mol. The number of carbonyl (C=O) groups excluding carboxylic acids is 4. The number of carboxylic acids is 2. The Morgan fingerprint density at radius 3 is 1.03 bits per heavy atom. The number of nitrogens with two attached hydrogens (primary N) is 6. The lowest BCUT2D eigenvalue weighted by molar-refractivity contribution is -0.140. The molecule has 0 saturated heterocycles. The number of carbonyl (C=O) groups is 6. The van der Waals surface area contributed by atoms with Crippen molar-refractivity contribution < 1.29 is 97.4 Å². The van der Waals surface area contributed by atoms with E-state index < -0.39 is 132 Å². The number of nitrogens with zero attached hydrogens (tertiary/aromatic N) is 7. The molecule has 14 N–H and O–H groups in total. The number of anilines is 6. The second kappa shape index (κ2) is 44.1. The van der Waals surface area contributed by atoms with Crippen LogP contribution in [0.3, 0.4) is 0 Å². The Balaban J connectivity index is 0.000000209. The number of benzene rings is 5. The van der Waals surface area contributed by atoms with Crippen LogP contribution in [-0.2, 0) is 25.1 Å². The molecule has 0 spiro atoms. The molecule has 7 aromatic heterocycles. The molecule has 0 aliphatic heterocycles. The summed E-state index contributed by atoms with van der Waals surface area (Å²) in [5, 5.41) is 16.7. The highest BCUT2D eigenvalue weighted by Gasteiger charge is 2.37. The summed E-state index contributed by atoms with van der Waals surface area (Å²) in [7, 11) is 4.62. The first-order valence-corrected chi connectivity index (χ1v) is 39.7. The molecule has 49 heteroatoms. The smallest absolute Gasteiger partial charge is 0.419 e. The Labute approximate surface area is 788 Å². The lowest BCUT2D eigenvalue weighted by atomic mass is 9.99. The fraction of sp³-hybridized carbons (Fsp3) is 0.0897. The number of nitrogen functional groups attached to an aromatic ring is 6. The number of aromatic carboxylic acids is 2. The van der Waals surface area contributed by atoms with Gasteiger partial charge >= 0.3 is 42.0 Å². The molecule has 25 nitrogen and oxygen atoms in total.